The number of para-hydroxylation sites is 1. The molecule has 0 amide bonds. The van der Waals surface area contributed by atoms with Gasteiger partial charge in [-0.15, -0.1) is 0 Å². The van der Waals surface area contributed by atoms with Crippen LogP contribution in [-0.2, 0) is 0 Å². The van der Waals surface area contributed by atoms with Crippen LogP contribution in [0.25, 0.3) is 123 Å². The molecule has 0 aliphatic rings. The third kappa shape index (κ3) is 6.32. The van der Waals surface area contributed by atoms with Gasteiger partial charge in [0.1, 0.15) is 22.3 Å². The molecular weight excluding hydrogens is 759 g/mol. The van der Waals surface area contributed by atoms with Gasteiger partial charge < -0.3 is 8.83 Å². The molecule has 0 bridgehead atoms. The van der Waals surface area contributed by atoms with Gasteiger partial charge in [-0.05, 0) is 99.0 Å². The Morgan fingerprint density at radius 1 is 0.323 bits per heavy atom. The Morgan fingerprint density at radius 2 is 0.839 bits per heavy atom. The van der Waals surface area contributed by atoms with Crippen LogP contribution in [0.4, 0.5) is 0 Å². The second-order valence-electron chi connectivity index (χ2n) is 15.1. The summed E-state index contributed by atoms with van der Waals surface area (Å²) in [6.45, 7) is 0. The van der Waals surface area contributed by atoms with E-state index >= 15 is 0 Å². The van der Waals surface area contributed by atoms with Crippen molar-refractivity contribution in [1.29, 1.82) is 0 Å². The summed E-state index contributed by atoms with van der Waals surface area (Å²) in [5.41, 5.74) is 9.03. The molecular formula is C57H35N3O2. The van der Waals surface area contributed by atoms with Crippen LogP contribution in [0, 0.1) is 0 Å². The lowest BCUT2D eigenvalue weighted by molar-refractivity contribution is 0.668. The second-order valence-corrected chi connectivity index (χ2v) is 15.1. The Kier molecular flexibility index (Phi) is 7.05. The maximum Gasteiger partial charge on any atom is 0.164 e. The molecule has 290 valence electrons. The van der Waals surface area contributed by atoms with Crippen molar-refractivity contribution >= 4 is 43.9 Å². The monoisotopic (exact) mass is 799 g/mol. The van der Waals surface area contributed by atoms with Crippen molar-refractivity contribution in [2.24, 2.45) is 0 Å². The molecule has 62 heavy (non-hydrogen) atoms. The highest BCUT2D eigenvalue weighted by atomic mass is 16.3. The Bertz CT molecular complexity index is 3910. The van der Waals surface area contributed by atoms with E-state index in [2.05, 4.69) is 6.07 Å². The summed E-state index contributed by atoms with van der Waals surface area (Å²) in [6, 6.07) is 55.3. The first-order valence-corrected chi connectivity index (χ1v) is 20.3. The van der Waals surface area contributed by atoms with Gasteiger partial charge in [0.2, 0.25) is 0 Å². The number of hydrogen-bond donors (Lipinski definition) is 0. The number of fused-ring (bicyclic) bond motifs is 6. The van der Waals surface area contributed by atoms with E-state index < -0.39 is 0 Å². The van der Waals surface area contributed by atoms with E-state index in [9.17, 15) is 4.11 Å². The third-order valence-corrected chi connectivity index (χ3v) is 11.3. The van der Waals surface area contributed by atoms with E-state index in [1.807, 2.05) is 170 Å². The summed E-state index contributed by atoms with van der Waals surface area (Å²) in [4.78, 5) is 15.1. The second kappa shape index (κ2) is 14.7. The van der Waals surface area contributed by atoms with E-state index in [1.54, 1.807) is 0 Å². The molecule has 0 saturated carbocycles. The van der Waals surface area contributed by atoms with Gasteiger partial charge in [-0.25, -0.2) is 15.0 Å². The van der Waals surface area contributed by atoms with Crippen LogP contribution in [0.5, 0.6) is 0 Å². The van der Waals surface area contributed by atoms with Crippen LogP contribution in [-0.4, -0.2) is 15.0 Å². The first kappa shape index (κ1) is 29.7. The number of benzene rings is 9. The van der Waals surface area contributed by atoms with Crippen LogP contribution in [0.1, 0.15) is 8.22 Å². The molecule has 12 aromatic rings. The highest BCUT2D eigenvalue weighted by molar-refractivity contribution is 6.13. The van der Waals surface area contributed by atoms with Gasteiger partial charge in [0.25, 0.3) is 0 Å². The number of hydrogen-bond acceptors (Lipinski definition) is 5. The molecule has 0 saturated heterocycles. The van der Waals surface area contributed by atoms with Crippen molar-refractivity contribution in [1.82, 2.24) is 15.0 Å². The summed E-state index contributed by atoms with van der Waals surface area (Å²) in [7, 11) is 0. The molecule has 0 atom stereocenters. The van der Waals surface area contributed by atoms with E-state index in [-0.39, 0.29) is 86.8 Å². The number of nitrogens with zero attached hydrogens (tertiary/aromatic N) is 3. The molecule has 3 heterocycles. The molecule has 12 rings (SSSR count). The Hall–Kier alpha value is -8.41. The molecule has 5 nitrogen and oxygen atoms in total. The molecule has 0 N–H and O–H groups in total. The third-order valence-electron chi connectivity index (χ3n) is 11.3. The van der Waals surface area contributed by atoms with Gasteiger partial charge in [-0.2, -0.15) is 0 Å². The van der Waals surface area contributed by atoms with Crippen molar-refractivity contribution in [2.75, 3.05) is 0 Å². The highest BCUT2D eigenvalue weighted by Crippen LogP contribution is 2.40. The minimum Gasteiger partial charge on any atom is -0.456 e. The quantitative estimate of drug-likeness (QED) is 0.161. The first-order chi connectivity index (χ1) is 33.2. The maximum absolute atomic E-state index is 9.77. The predicted octanol–water partition coefficient (Wildman–Crippen LogP) is 15.3. The minimum atomic E-state index is -0.358. The molecule has 0 unspecified atom stereocenters. The Labute approximate surface area is 365 Å². The van der Waals surface area contributed by atoms with E-state index in [0.29, 0.717) is 22.3 Å². The van der Waals surface area contributed by atoms with Gasteiger partial charge in [0.05, 0.1) is 8.22 Å². The fraction of sp³-hybridized carbons (Fsp3) is 0. The summed E-state index contributed by atoms with van der Waals surface area (Å²) < 4.78 is 68.6. The van der Waals surface area contributed by atoms with Gasteiger partial charge in [0.15, 0.2) is 17.5 Å². The summed E-state index contributed by atoms with van der Waals surface area (Å²) in [6.07, 6.45) is 0. The lowest BCUT2D eigenvalue weighted by atomic mass is 9.96. The van der Waals surface area contributed by atoms with E-state index in [0.717, 1.165) is 49.7 Å². The molecule has 0 radical (unpaired) electrons. The molecule has 0 fully saturated rings. The Balaban J connectivity index is 1.10. The predicted molar refractivity (Wildman–Crippen MR) is 252 cm³/mol. The van der Waals surface area contributed by atoms with E-state index in [4.69, 9.17) is 27.9 Å². The SMILES string of the molecule is [2H]c1c([2H])c(-c2ccc(-c3ccccc3)cc2)c2c(oc3c([2H])c(-c4nc(-c5cc(-c6ccccc6)cc(-c6ccccc6)c5)nc(-c5ccc6c(c5)oc5ccccc56)n4)c([2H])c([2H])c32)c1[2H]. The minimum absolute atomic E-state index is 0.0304. The van der Waals surface area contributed by atoms with Crippen molar-refractivity contribution in [3.05, 3.63) is 212 Å². The van der Waals surface area contributed by atoms with Crippen LogP contribution >= 0.6 is 0 Å². The summed E-state index contributed by atoms with van der Waals surface area (Å²) in [5, 5.41) is 2.20. The zero-order valence-electron chi connectivity index (χ0n) is 38.9. The summed E-state index contributed by atoms with van der Waals surface area (Å²) in [5.74, 6) is 0.491. The lowest BCUT2D eigenvalue weighted by Crippen LogP contribution is -2.00. The summed E-state index contributed by atoms with van der Waals surface area (Å²) >= 11 is 0. The Morgan fingerprint density at radius 3 is 1.53 bits per heavy atom. The van der Waals surface area contributed by atoms with Crippen molar-refractivity contribution in [2.45, 2.75) is 0 Å². The molecule has 0 spiro atoms. The van der Waals surface area contributed by atoms with Gasteiger partial charge >= 0.3 is 0 Å². The number of rotatable bonds is 7. The van der Waals surface area contributed by atoms with Crippen molar-refractivity contribution < 1.29 is 17.1 Å². The van der Waals surface area contributed by atoms with Crippen LogP contribution in [0.2, 0.25) is 0 Å². The standard InChI is InChI=1S/C57H35N3O2/c1-4-13-36(14-5-1)39-23-25-40(26-24-39)46-20-12-22-51-54(46)49-30-28-42(35-53(49)62-51)56-58-55(41-27-29-48-47-19-10-11-21-50(47)61-52(48)34-41)59-57(60-56)45-32-43(37-15-6-2-7-16-37)31-44(33-45)38-17-8-3-9-18-38/h1-35H/i12D,20D,22D,28D,30D,35D. The van der Waals surface area contributed by atoms with Gasteiger partial charge in [0, 0.05) is 38.2 Å². The number of aromatic nitrogens is 3. The van der Waals surface area contributed by atoms with Gasteiger partial charge in [-0.1, -0.05) is 158 Å². The smallest absolute Gasteiger partial charge is 0.164 e. The van der Waals surface area contributed by atoms with Crippen molar-refractivity contribution in [3.8, 4) is 78.7 Å². The van der Waals surface area contributed by atoms with Crippen molar-refractivity contribution in [3.63, 3.8) is 0 Å². The van der Waals surface area contributed by atoms with Crippen LogP contribution in [0.3, 0.4) is 0 Å². The first-order valence-electron chi connectivity index (χ1n) is 23.3. The van der Waals surface area contributed by atoms with Crippen LogP contribution < -0.4 is 0 Å². The molecule has 5 heteroatoms. The lowest BCUT2D eigenvalue weighted by Gasteiger charge is -2.12. The molecule has 0 aliphatic heterocycles. The molecule has 0 aliphatic carbocycles. The fourth-order valence-electron chi connectivity index (χ4n) is 8.20. The average molecular weight is 800 g/mol. The number of furan rings is 2. The molecule has 9 aromatic carbocycles. The average Bonchev–Trinajstić information content (AvgIpc) is 3.98. The topological polar surface area (TPSA) is 65.0 Å². The van der Waals surface area contributed by atoms with Crippen LogP contribution in [0.15, 0.2) is 221 Å². The zero-order chi connectivity index (χ0) is 46.2. The highest BCUT2D eigenvalue weighted by Gasteiger charge is 2.19. The zero-order valence-corrected chi connectivity index (χ0v) is 32.9. The molecule has 3 aromatic heterocycles. The maximum atomic E-state index is 9.77. The normalized spacial score (nSPS) is 12.9. The fourth-order valence-corrected chi connectivity index (χ4v) is 8.20. The van der Waals surface area contributed by atoms with E-state index in [1.165, 1.54) is 0 Å². The van der Waals surface area contributed by atoms with Gasteiger partial charge in [-0.3, -0.25) is 0 Å². The largest absolute Gasteiger partial charge is 0.456 e.